The summed E-state index contributed by atoms with van der Waals surface area (Å²) in [4.78, 5) is 21.5. The zero-order valence-corrected chi connectivity index (χ0v) is 18.1. The van der Waals surface area contributed by atoms with Crippen molar-refractivity contribution < 1.29 is 18.0 Å². The predicted octanol–water partition coefficient (Wildman–Crippen LogP) is 5.07. The second kappa shape index (κ2) is 10.0. The van der Waals surface area contributed by atoms with Crippen LogP contribution in [0.25, 0.3) is 0 Å². The van der Waals surface area contributed by atoms with Crippen molar-refractivity contribution in [2.24, 2.45) is 0 Å². The number of aromatic nitrogens is 1. The molecule has 1 aliphatic rings. The molecule has 0 radical (unpaired) electrons. The molecule has 33 heavy (non-hydrogen) atoms. The first-order valence-electron chi connectivity index (χ1n) is 10.8. The van der Waals surface area contributed by atoms with E-state index in [-0.39, 0.29) is 5.56 Å². The number of rotatable bonds is 5. The van der Waals surface area contributed by atoms with E-state index in [1.54, 1.807) is 12.3 Å². The zero-order chi connectivity index (χ0) is 23.3. The average molecular weight is 454 g/mol. The Balaban J connectivity index is 1.33. The van der Waals surface area contributed by atoms with Crippen LogP contribution in [0.3, 0.4) is 0 Å². The molecule has 0 bridgehead atoms. The van der Waals surface area contributed by atoms with Crippen LogP contribution < -0.4 is 10.2 Å². The Kier molecular flexibility index (Phi) is 6.93. The van der Waals surface area contributed by atoms with Crippen LogP contribution in [0, 0.1) is 0 Å². The summed E-state index contributed by atoms with van der Waals surface area (Å²) in [6.45, 7) is 4.64. The molecule has 1 aliphatic heterocycles. The highest BCUT2D eigenvalue weighted by atomic mass is 19.4. The summed E-state index contributed by atoms with van der Waals surface area (Å²) >= 11 is 0. The molecule has 0 spiro atoms. The molecule has 1 saturated heterocycles. The molecule has 0 aliphatic carbocycles. The Hall–Kier alpha value is -3.39. The summed E-state index contributed by atoms with van der Waals surface area (Å²) < 4.78 is 38.1. The van der Waals surface area contributed by atoms with Gasteiger partial charge < -0.3 is 10.2 Å². The van der Waals surface area contributed by atoms with E-state index in [2.05, 4.69) is 44.4 Å². The number of anilines is 2. The van der Waals surface area contributed by atoms with Crippen molar-refractivity contribution in [3.8, 4) is 0 Å². The van der Waals surface area contributed by atoms with Crippen LogP contribution in [-0.4, -0.2) is 42.0 Å². The van der Waals surface area contributed by atoms with Gasteiger partial charge >= 0.3 is 6.18 Å². The molecule has 5 nitrogen and oxygen atoms in total. The van der Waals surface area contributed by atoms with Gasteiger partial charge in [-0.25, -0.2) is 4.98 Å². The number of pyridine rings is 1. The smallest absolute Gasteiger partial charge is 0.355 e. The molecule has 1 aromatic heterocycles. The third kappa shape index (κ3) is 6.10. The molecule has 8 heteroatoms. The lowest BCUT2D eigenvalue weighted by atomic mass is 10.1. The highest BCUT2D eigenvalue weighted by Gasteiger charge is 2.30. The van der Waals surface area contributed by atoms with E-state index in [0.29, 0.717) is 5.69 Å². The van der Waals surface area contributed by atoms with Crippen molar-refractivity contribution in [2.75, 3.05) is 36.4 Å². The minimum absolute atomic E-state index is 0.151. The van der Waals surface area contributed by atoms with E-state index in [1.807, 2.05) is 12.1 Å². The van der Waals surface area contributed by atoms with E-state index in [1.165, 1.54) is 17.7 Å². The number of amides is 1. The van der Waals surface area contributed by atoms with Crippen LogP contribution >= 0.6 is 0 Å². The number of carbonyl (C=O) groups is 1. The van der Waals surface area contributed by atoms with Gasteiger partial charge in [0.05, 0.1) is 17.4 Å². The average Bonchev–Trinajstić information content (AvgIpc) is 3.05. The van der Waals surface area contributed by atoms with Crippen molar-refractivity contribution in [3.63, 3.8) is 0 Å². The van der Waals surface area contributed by atoms with Gasteiger partial charge in [0.25, 0.3) is 5.91 Å². The van der Waals surface area contributed by atoms with E-state index in [9.17, 15) is 18.0 Å². The summed E-state index contributed by atoms with van der Waals surface area (Å²) in [5, 5.41) is 2.68. The summed E-state index contributed by atoms with van der Waals surface area (Å²) in [5.74, 6) is 0.355. The molecular formula is C25H25F3N4O. The lowest BCUT2D eigenvalue weighted by molar-refractivity contribution is -0.137. The highest BCUT2D eigenvalue weighted by Crippen LogP contribution is 2.29. The molecule has 0 saturated carbocycles. The van der Waals surface area contributed by atoms with Gasteiger partial charge in [-0.05, 0) is 48.4 Å². The lowest BCUT2D eigenvalue weighted by Gasteiger charge is -2.23. The molecule has 2 aromatic carbocycles. The van der Waals surface area contributed by atoms with Gasteiger partial charge in [0.15, 0.2) is 0 Å². The number of nitrogens with zero attached hydrogens (tertiary/aromatic N) is 3. The second-order valence-corrected chi connectivity index (χ2v) is 8.04. The van der Waals surface area contributed by atoms with Gasteiger partial charge in [0.1, 0.15) is 5.82 Å². The van der Waals surface area contributed by atoms with Crippen LogP contribution in [0.4, 0.5) is 24.7 Å². The number of alkyl halides is 3. The molecular weight excluding hydrogens is 429 g/mol. The van der Waals surface area contributed by atoms with Crippen molar-refractivity contribution in [2.45, 2.75) is 19.1 Å². The van der Waals surface area contributed by atoms with Crippen LogP contribution in [0.2, 0.25) is 0 Å². The molecule has 1 fully saturated rings. The Morgan fingerprint density at radius 2 is 1.67 bits per heavy atom. The minimum Gasteiger partial charge on any atom is -0.355 e. The largest absolute Gasteiger partial charge is 0.416 e. The molecule has 4 rings (SSSR count). The first-order chi connectivity index (χ1) is 15.9. The predicted molar refractivity (Wildman–Crippen MR) is 122 cm³/mol. The van der Waals surface area contributed by atoms with Gasteiger partial charge in [0.2, 0.25) is 0 Å². The maximum Gasteiger partial charge on any atom is 0.416 e. The number of halogens is 3. The van der Waals surface area contributed by atoms with E-state index in [0.717, 1.165) is 57.1 Å². The quantitative estimate of drug-likeness (QED) is 0.585. The van der Waals surface area contributed by atoms with Crippen LogP contribution in [0.5, 0.6) is 0 Å². The van der Waals surface area contributed by atoms with Crippen LogP contribution in [0.1, 0.15) is 27.9 Å². The molecule has 1 N–H and O–H groups in total. The minimum atomic E-state index is -4.43. The third-order valence-electron chi connectivity index (χ3n) is 5.64. The van der Waals surface area contributed by atoms with Crippen molar-refractivity contribution in [1.29, 1.82) is 0 Å². The summed E-state index contributed by atoms with van der Waals surface area (Å²) in [7, 11) is 0. The van der Waals surface area contributed by atoms with Crippen molar-refractivity contribution >= 4 is 17.4 Å². The number of hydrogen-bond donors (Lipinski definition) is 1. The van der Waals surface area contributed by atoms with Gasteiger partial charge in [-0.15, -0.1) is 0 Å². The Bertz CT molecular complexity index is 1050. The second-order valence-electron chi connectivity index (χ2n) is 8.04. The van der Waals surface area contributed by atoms with E-state index >= 15 is 0 Å². The van der Waals surface area contributed by atoms with Crippen molar-refractivity contribution in [3.05, 3.63) is 89.6 Å². The fourth-order valence-electron chi connectivity index (χ4n) is 3.86. The standard InChI is InChI=1S/C25H25F3N4O/c26-25(27,28)21-9-7-20(8-10-21)24(33)30-22-11-12-23(29-17-22)32-14-4-13-31(15-16-32)18-19-5-2-1-3-6-19/h1-3,5-12,17H,4,13-16,18H2,(H,30,33). The first kappa shape index (κ1) is 22.8. The summed E-state index contributed by atoms with van der Waals surface area (Å²) in [6.07, 6.45) is -1.83. The molecule has 0 unspecified atom stereocenters. The maximum atomic E-state index is 12.7. The third-order valence-corrected chi connectivity index (χ3v) is 5.64. The molecule has 2 heterocycles. The monoisotopic (exact) mass is 454 g/mol. The van der Waals surface area contributed by atoms with E-state index < -0.39 is 17.6 Å². The summed E-state index contributed by atoms with van der Waals surface area (Å²) in [6, 6.07) is 18.2. The van der Waals surface area contributed by atoms with Gasteiger partial charge in [-0.2, -0.15) is 13.2 Å². The topological polar surface area (TPSA) is 48.5 Å². The first-order valence-corrected chi connectivity index (χ1v) is 10.8. The van der Waals surface area contributed by atoms with Gasteiger partial charge in [-0.3, -0.25) is 9.69 Å². The molecule has 1 amide bonds. The highest BCUT2D eigenvalue weighted by molar-refractivity contribution is 6.04. The fraction of sp³-hybridized carbons (Fsp3) is 0.280. The lowest BCUT2D eigenvalue weighted by Crippen LogP contribution is -2.30. The van der Waals surface area contributed by atoms with Crippen LogP contribution in [0.15, 0.2) is 72.9 Å². The molecule has 0 atom stereocenters. The number of benzene rings is 2. The van der Waals surface area contributed by atoms with E-state index in [4.69, 9.17) is 0 Å². The fourth-order valence-corrected chi connectivity index (χ4v) is 3.86. The van der Waals surface area contributed by atoms with Gasteiger partial charge in [0, 0.05) is 38.3 Å². The maximum absolute atomic E-state index is 12.7. The Labute approximate surface area is 190 Å². The normalized spacial score (nSPS) is 15.2. The summed E-state index contributed by atoms with van der Waals surface area (Å²) in [5.41, 5.74) is 1.16. The zero-order valence-electron chi connectivity index (χ0n) is 18.1. The Morgan fingerprint density at radius 3 is 2.33 bits per heavy atom. The Morgan fingerprint density at radius 1 is 0.909 bits per heavy atom. The van der Waals surface area contributed by atoms with Crippen LogP contribution in [-0.2, 0) is 12.7 Å². The molecule has 3 aromatic rings. The number of nitrogens with one attached hydrogen (secondary N) is 1. The number of hydrogen-bond acceptors (Lipinski definition) is 4. The number of carbonyl (C=O) groups excluding carboxylic acids is 1. The SMILES string of the molecule is O=C(Nc1ccc(N2CCCN(Cc3ccccc3)CC2)nc1)c1ccc(C(F)(F)F)cc1. The van der Waals surface area contributed by atoms with Crippen molar-refractivity contribution in [1.82, 2.24) is 9.88 Å². The van der Waals surface area contributed by atoms with Gasteiger partial charge in [-0.1, -0.05) is 30.3 Å². The molecule has 172 valence electrons.